The highest BCUT2D eigenvalue weighted by atomic mass is 19.1. The Morgan fingerprint density at radius 3 is 2.70 bits per heavy atom. The molecule has 0 radical (unpaired) electrons. The Hall–Kier alpha value is -2.17. The topological polar surface area (TPSA) is 59.3 Å². The van der Waals surface area contributed by atoms with Gasteiger partial charge in [-0.3, -0.25) is 4.79 Å². The maximum Gasteiger partial charge on any atom is 0.341 e. The Kier molecular flexibility index (Phi) is 3.88. The number of rotatable bonds is 4. The van der Waals surface area contributed by atoms with E-state index in [2.05, 4.69) is 13.8 Å². The average Bonchev–Trinajstić information content (AvgIpc) is 2.37. The van der Waals surface area contributed by atoms with E-state index in [1.54, 1.807) is 4.57 Å². The number of pyridine rings is 1. The van der Waals surface area contributed by atoms with Crippen molar-refractivity contribution in [1.82, 2.24) is 4.57 Å². The van der Waals surface area contributed by atoms with E-state index in [9.17, 15) is 14.0 Å². The fourth-order valence-electron chi connectivity index (χ4n) is 2.10. The number of carboxylic acids is 1. The van der Waals surface area contributed by atoms with Gasteiger partial charge in [-0.25, -0.2) is 9.18 Å². The minimum atomic E-state index is -1.29. The number of hydrogen-bond donors (Lipinski definition) is 1. The molecule has 2 rings (SSSR count). The van der Waals surface area contributed by atoms with Gasteiger partial charge in [0.2, 0.25) is 5.43 Å². The minimum absolute atomic E-state index is 0.105. The molecule has 0 saturated carbocycles. The quantitative estimate of drug-likeness (QED) is 0.934. The molecule has 0 aliphatic rings. The van der Waals surface area contributed by atoms with Gasteiger partial charge in [0.25, 0.3) is 0 Å². The second-order valence-corrected chi connectivity index (χ2v) is 5.21. The van der Waals surface area contributed by atoms with Crippen molar-refractivity contribution in [2.75, 3.05) is 0 Å². The third-order valence-electron chi connectivity index (χ3n) is 3.22. The van der Waals surface area contributed by atoms with Gasteiger partial charge in [0.05, 0.1) is 5.52 Å². The Bertz CT molecular complexity index is 719. The van der Waals surface area contributed by atoms with Crippen LogP contribution in [-0.2, 0) is 6.54 Å². The predicted molar refractivity (Wildman–Crippen MR) is 74.6 cm³/mol. The lowest BCUT2D eigenvalue weighted by molar-refractivity contribution is 0.0695. The van der Waals surface area contributed by atoms with Crippen molar-refractivity contribution >= 4 is 16.9 Å². The van der Waals surface area contributed by atoms with Crippen molar-refractivity contribution in [1.29, 1.82) is 0 Å². The normalized spacial score (nSPS) is 11.2. The van der Waals surface area contributed by atoms with Crippen molar-refractivity contribution in [3.05, 3.63) is 46.0 Å². The molecule has 1 heterocycles. The zero-order valence-corrected chi connectivity index (χ0v) is 11.4. The fraction of sp³-hybridized carbons (Fsp3) is 0.333. The van der Waals surface area contributed by atoms with Crippen LogP contribution in [0.15, 0.2) is 29.2 Å². The standard InChI is InChI=1S/C15H16FNO3/c1-9(2)5-6-17-8-12(15(19)20)14(18)11-7-10(16)3-4-13(11)17/h3-4,7-9H,5-6H2,1-2H3,(H,19,20). The Labute approximate surface area is 115 Å². The Morgan fingerprint density at radius 2 is 2.10 bits per heavy atom. The predicted octanol–water partition coefficient (Wildman–Crippen LogP) is 2.88. The van der Waals surface area contributed by atoms with Crippen LogP contribution in [0.5, 0.6) is 0 Å². The first kappa shape index (κ1) is 14.2. The number of fused-ring (bicyclic) bond motifs is 1. The third-order valence-corrected chi connectivity index (χ3v) is 3.22. The highest BCUT2D eigenvalue weighted by Crippen LogP contribution is 2.15. The first-order valence-electron chi connectivity index (χ1n) is 6.46. The number of aryl methyl sites for hydroxylation is 1. The molecule has 106 valence electrons. The van der Waals surface area contributed by atoms with Crippen LogP contribution in [-0.4, -0.2) is 15.6 Å². The van der Waals surface area contributed by atoms with Crippen LogP contribution in [0, 0.1) is 11.7 Å². The number of halogens is 1. The van der Waals surface area contributed by atoms with Crippen LogP contribution in [0.3, 0.4) is 0 Å². The zero-order valence-electron chi connectivity index (χ0n) is 11.4. The molecule has 0 amide bonds. The Morgan fingerprint density at radius 1 is 1.40 bits per heavy atom. The number of aromatic carboxylic acids is 1. The van der Waals surface area contributed by atoms with Crippen molar-refractivity contribution < 1.29 is 14.3 Å². The first-order valence-corrected chi connectivity index (χ1v) is 6.46. The van der Waals surface area contributed by atoms with Crippen molar-refractivity contribution in [3.63, 3.8) is 0 Å². The van der Waals surface area contributed by atoms with Crippen LogP contribution in [0.4, 0.5) is 4.39 Å². The lowest BCUT2D eigenvalue weighted by Crippen LogP contribution is -2.19. The fourth-order valence-corrected chi connectivity index (χ4v) is 2.10. The lowest BCUT2D eigenvalue weighted by Gasteiger charge is -2.13. The number of hydrogen-bond acceptors (Lipinski definition) is 2. The average molecular weight is 277 g/mol. The number of carbonyl (C=O) groups is 1. The summed E-state index contributed by atoms with van der Waals surface area (Å²) >= 11 is 0. The summed E-state index contributed by atoms with van der Waals surface area (Å²) in [7, 11) is 0. The van der Waals surface area contributed by atoms with Crippen LogP contribution in [0.25, 0.3) is 10.9 Å². The molecule has 0 atom stereocenters. The molecule has 0 aliphatic heterocycles. The molecule has 1 aromatic carbocycles. The molecule has 0 aliphatic carbocycles. The molecule has 0 fully saturated rings. The molecule has 20 heavy (non-hydrogen) atoms. The maximum atomic E-state index is 13.3. The largest absolute Gasteiger partial charge is 0.477 e. The van der Waals surface area contributed by atoms with Gasteiger partial charge in [0.1, 0.15) is 11.4 Å². The molecular formula is C15H16FNO3. The molecule has 1 N–H and O–H groups in total. The first-order chi connectivity index (χ1) is 9.40. The van der Waals surface area contributed by atoms with Crippen molar-refractivity contribution in [3.8, 4) is 0 Å². The number of carboxylic acid groups (broad SMARTS) is 1. The van der Waals surface area contributed by atoms with Gasteiger partial charge in [-0.05, 0) is 30.5 Å². The van der Waals surface area contributed by atoms with Gasteiger partial charge in [-0.15, -0.1) is 0 Å². The SMILES string of the molecule is CC(C)CCn1cc(C(=O)O)c(=O)c2cc(F)ccc21. The van der Waals surface area contributed by atoms with E-state index in [1.165, 1.54) is 18.3 Å². The maximum absolute atomic E-state index is 13.3. The Balaban J connectivity index is 2.69. The highest BCUT2D eigenvalue weighted by molar-refractivity contribution is 5.92. The van der Waals surface area contributed by atoms with E-state index in [1.807, 2.05) is 0 Å². The zero-order chi connectivity index (χ0) is 14.9. The molecule has 1 aromatic heterocycles. The number of benzene rings is 1. The summed E-state index contributed by atoms with van der Waals surface area (Å²) in [5.74, 6) is -1.40. The molecular weight excluding hydrogens is 261 g/mol. The molecule has 0 unspecified atom stereocenters. The summed E-state index contributed by atoms with van der Waals surface area (Å²) in [6.07, 6.45) is 2.18. The van der Waals surface area contributed by atoms with Crippen LogP contribution >= 0.6 is 0 Å². The second-order valence-electron chi connectivity index (χ2n) is 5.21. The lowest BCUT2D eigenvalue weighted by atomic mass is 10.1. The molecule has 5 heteroatoms. The van der Waals surface area contributed by atoms with Gasteiger partial charge < -0.3 is 9.67 Å². The summed E-state index contributed by atoms with van der Waals surface area (Å²) in [6, 6.07) is 3.88. The summed E-state index contributed by atoms with van der Waals surface area (Å²) in [6.45, 7) is 4.70. The highest BCUT2D eigenvalue weighted by Gasteiger charge is 2.15. The van der Waals surface area contributed by atoms with Gasteiger partial charge in [0.15, 0.2) is 0 Å². The minimum Gasteiger partial charge on any atom is -0.477 e. The molecule has 0 saturated heterocycles. The smallest absolute Gasteiger partial charge is 0.341 e. The van der Waals surface area contributed by atoms with E-state index >= 15 is 0 Å². The van der Waals surface area contributed by atoms with Crippen LogP contribution in [0.1, 0.15) is 30.6 Å². The van der Waals surface area contributed by atoms with Gasteiger partial charge in [-0.2, -0.15) is 0 Å². The summed E-state index contributed by atoms with van der Waals surface area (Å²) in [5, 5.41) is 9.19. The second kappa shape index (κ2) is 5.45. The van der Waals surface area contributed by atoms with E-state index in [0.717, 1.165) is 12.5 Å². The molecule has 0 bridgehead atoms. The third kappa shape index (κ3) is 2.71. The van der Waals surface area contributed by atoms with E-state index < -0.39 is 17.2 Å². The molecule has 4 nitrogen and oxygen atoms in total. The number of nitrogens with zero attached hydrogens (tertiary/aromatic N) is 1. The van der Waals surface area contributed by atoms with Crippen molar-refractivity contribution in [2.24, 2.45) is 5.92 Å². The van der Waals surface area contributed by atoms with E-state index in [-0.39, 0.29) is 10.9 Å². The van der Waals surface area contributed by atoms with Crippen LogP contribution in [0.2, 0.25) is 0 Å². The molecule has 2 aromatic rings. The summed E-state index contributed by atoms with van der Waals surface area (Å²) in [4.78, 5) is 23.2. The van der Waals surface area contributed by atoms with Crippen LogP contribution < -0.4 is 5.43 Å². The summed E-state index contributed by atoms with van der Waals surface area (Å²) in [5.41, 5.74) is -0.415. The molecule has 0 spiro atoms. The monoisotopic (exact) mass is 277 g/mol. The van der Waals surface area contributed by atoms with E-state index in [4.69, 9.17) is 5.11 Å². The van der Waals surface area contributed by atoms with E-state index in [0.29, 0.717) is 18.0 Å². The van der Waals surface area contributed by atoms with Gasteiger partial charge in [0, 0.05) is 18.1 Å². The van der Waals surface area contributed by atoms with Gasteiger partial charge >= 0.3 is 5.97 Å². The van der Waals surface area contributed by atoms with Gasteiger partial charge in [-0.1, -0.05) is 13.8 Å². The summed E-state index contributed by atoms with van der Waals surface area (Å²) < 4.78 is 15.0. The number of aromatic nitrogens is 1. The van der Waals surface area contributed by atoms with Crippen molar-refractivity contribution in [2.45, 2.75) is 26.8 Å².